The average molecular weight is 158 g/mol. The van der Waals surface area contributed by atoms with Crippen LogP contribution in [0, 0.1) is 0 Å². The summed E-state index contributed by atoms with van der Waals surface area (Å²) in [7, 11) is 0. The number of nitrogens with zero attached hydrogens (tertiary/aromatic N) is 1. The van der Waals surface area contributed by atoms with Gasteiger partial charge >= 0.3 is 0 Å². The Kier molecular flexibility index (Phi) is 1.99. The van der Waals surface area contributed by atoms with E-state index < -0.39 is 0 Å². The molecule has 1 aliphatic rings. The van der Waals surface area contributed by atoms with Crippen LogP contribution in [0.2, 0.25) is 0 Å². The topological polar surface area (TPSA) is 35.5 Å². The highest BCUT2D eigenvalue weighted by Gasteiger charge is 2.40. The smallest absolute Gasteiger partial charge is 0.0535 e. The average Bonchev–Trinajstić information content (AvgIpc) is 1.82. The van der Waals surface area contributed by atoms with Crippen molar-refractivity contribution in [3.05, 3.63) is 0 Å². The highest BCUT2D eigenvalue weighted by Crippen LogP contribution is 2.25. The molecule has 0 saturated carbocycles. The van der Waals surface area contributed by atoms with Gasteiger partial charge in [0.2, 0.25) is 0 Å². The minimum atomic E-state index is -0.151. The van der Waals surface area contributed by atoms with Gasteiger partial charge in [0.15, 0.2) is 0 Å². The molecule has 0 aromatic carbocycles. The second-order valence-electron chi connectivity index (χ2n) is 4.54. The molecule has 0 aliphatic carbocycles. The summed E-state index contributed by atoms with van der Waals surface area (Å²) in [6.07, 6.45) is 0. The van der Waals surface area contributed by atoms with Gasteiger partial charge in [-0.15, -0.1) is 0 Å². The lowest BCUT2D eigenvalue weighted by atomic mass is 9.92. The van der Waals surface area contributed by atoms with Crippen LogP contribution >= 0.6 is 0 Å². The Morgan fingerprint density at radius 2 is 1.45 bits per heavy atom. The first-order chi connectivity index (χ1) is 4.86. The minimum Gasteiger partial charge on any atom is -0.313 e. The maximum atomic E-state index is 9.76. The molecule has 1 fully saturated rings. The number of hydroxylamine groups is 2. The van der Waals surface area contributed by atoms with E-state index >= 15 is 0 Å². The van der Waals surface area contributed by atoms with Crippen molar-refractivity contribution in [1.82, 2.24) is 10.4 Å². The van der Waals surface area contributed by atoms with Crippen molar-refractivity contribution < 1.29 is 5.21 Å². The predicted octanol–water partition coefficient (Wildman–Crippen LogP) is 0.838. The predicted molar refractivity (Wildman–Crippen MR) is 44.7 cm³/mol. The maximum absolute atomic E-state index is 9.76. The van der Waals surface area contributed by atoms with Gasteiger partial charge in [0, 0.05) is 13.1 Å². The Bertz CT molecular complexity index is 138. The third-order valence-electron chi connectivity index (χ3n) is 2.26. The van der Waals surface area contributed by atoms with Crippen LogP contribution < -0.4 is 5.32 Å². The molecule has 11 heavy (non-hydrogen) atoms. The summed E-state index contributed by atoms with van der Waals surface area (Å²) < 4.78 is 0. The molecule has 0 aromatic rings. The second kappa shape index (κ2) is 2.44. The lowest BCUT2D eigenvalue weighted by Crippen LogP contribution is -2.66. The van der Waals surface area contributed by atoms with Crippen molar-refractivity contribution in [2.45, 2.75) is 38.8 Å². The summed E-state index contributed by atoms with van der Waals surface area (Å²) >= 11 is 0. The highest BCUT2D eigenvalue weighted by molar-refractivity contribution is 4.94. The maximum Gasteiger partial charge on any atom is 0.0535 e. The van der Waals surface area contributed by atoms with Crippen molar-refractivity contribution in [1.29, 1.82) is 0 Å². The van der Waals surface area contributed by atoms with Gasteiger partial charge in [0.05, 0.1) is 11.1 Å². The van der Waals surface area contributed by atoms with Gasteiger partial charge in [-0.3, -0.25) is 0 Å². The highest BCUT2D eigenvalue weighted by atomic mass is 16.5. The van der Waals surface area contributed by atoms with E-state index in [0.29, 0.717) is 0 Å². The van der Waals surface area contributed by atoms with E-state index in [4.69, 9.17) is 0 Å². The molecule has 1 saturated heterocycles. The fourth-order valence-corrected chi connectivity index (χ4v) is 1.64. The fourth-order valence-electron chi connectivity index (χ4n) is 1.64. The van der Waals surface area contributed by atoms with E-state index in [0.717, 1.165) is 13.1 Å². The molecule has 3 nitrogen and oxygen atoms in total. The molecule has 0 unspecified atom stereocenters. The normalized spacial score (nSPS) is 30.3. The van der Waals surface area contributed by atoms with E-state index in [1.165, 1.54) is 5.06 Å². The Labute approximate surface area is 68.3 Å². The summed E-state index contributed by atoms with van der Waals surface area (Å²) in [5.74, 6) is 0. The second-order valence-corrected chi connectivity index (χ2v) is 4.54. The lowest BCUT2D eigenvalue weighted by Gasteiger charge is -2.48. The molecule has 0 radical (unpaired) electrons. The number of nitrogens with one attached hydrogen (secondary N) is 1. The molecule has 0 spiro atoms. The first kappa shape index (κ1) is 8.97. The van der Waals surface area contributed by atoms with Crippen molar-refractivity contribution in [3.63, 3.8) is 0 Å². The molecule has 3 heteroatoms. The molecule has 2 N–H and O–H groups in total. The third kappa shape index (κ3) is 1.55. The van der Waals surface area contributed by atoms with Gasteiger partial charge in [0.25, 0.3) is 0 Å². The summed E-state index contributed by atoms with van der Waals surface area (Å²) in [5, 5.41) is 14.5. The molecular formula is C8H18N2O. The van der Waals surface area contributed by atoms with Gasteiger partial charge in [-0.25, -0.2) is 0 Å². The standard InChI is InChI=1S/C8H18N2O/c1-7(2)5-9-6-8(3,4)10(7)11/h9,11H,5-6H2,1-4H3. The van der Waals surface area contributed by atoms with Gasteiger partial charge in [-0.05, 0) is 27.7 Å². The molecule has 1 aliphatic heterocycles. The summed E-state index contributed by atoms with van der Waals surface area (Å²) in [6.45, 7) is 9.80. The summed E-state index contributed by atoms with van der Waals surface area (Å²) in [4.78, 5) is 0. The van der Waals surface area contributed by atoms with E-state index in [9.17, 15) is 5.21 Å². The SMILES string of the molecule is CC1(C)CNCC(C)(C)N1O. The Balaban J connectivity index is 2.76. The van der Waals surface area contributed by atoms with Crippen LogP contribution in [0.5, 0.6) is 0 Å². The first-order valence-corrected chi connectivity index (χ1v) is 4.06. The van der Waals surface area contributed by atoms with Crippen LogP contribution in [0.15, 0.2) is 0 Å². The Morgan fingerprint density at radius 3 is 1.73 bits per heavy atom. The van der Waals surface area contributed by atoms with E-state index in [2.05, 4.69) is 5.32 Å². The Hall–Kier alpha value is -0.120. The van der Waals surface area contributed by atoms with Crippen molar-refractivity contribution in [2.75, 3.05) is 13.1 Å². The summed E-state index contributed by atoms with van der Waals surface area (Å²) in [6, 6.07) is 0. The zero-order valence-electron chi connectivity index (χ0n) is 7.81. The molecule has 0 amide bonds. The zero-order chi connectivity index (χ0) is 8.70. The third-order valence-corrected chi connectivity index (χ3v) is 2.26. The lowest BCUT2D eigenvalue weighted by molar-refractivity contribution is -0.234. The number of piperazine rings is 1. The van der Waals surface area contributed by atoms with Crippen LogP contribution in [-0.4, -0.2) is 34.4 Å². The van der Waals surface area contributed by atoms with Crippen molar-refractivity contribution in [2.24, 2.45) is 0 Å². The van der Waals surface area contributed by atoms with Gasteiger partial charge in [0.1, 0.15) is 0 Å². The molecular weight excluding hydrogens is 140 g/mol. The molecule has 0 atom stereocenters. The molecule has 1 heterocycles. The quantitative estimate of drug-likeness (QED) is 0.548. The first-order valence-electron chi connectivity index (χ1n) is 4.06. The van der Waals surface area contributed by atoms with Gasteiger partial charge in [-0.2, -0.15) is 5.06 Å². The monoisotopic (exact) mass is 158 g/mol. The minimum absolute atomic E-state index is 0.151. The fraction of sp³-hybridized carbons (Fsp3) is 1.00. The van der Waals surface area contributed by atoms with Crippen LogP contribution in [0.3, 0.4) is 0 Å². The van der Waals surface area contributed by atoms with E-state index in [-0.39, 0.29) is 11.1 Å². The van der Waals surface area contributed by atoms with Crippen molar-refractivity contribution >= 4 is 0 Å². The van der Waals surface area contributed by atoms with Crippen LogP contribution in [0.1, 0.15) is 27.7 Å². The molecule has 0 aromatic heterocycles. The molecule has 66 valence electrons. The Morgan fingerprint density at radius 1 is 1.09 bits per heavy atom. The molecule has 0 bridgehead atoms. The van der Waals surface area contributed by atoms with E-state index in [1.54, 1.807) is 0 Å². The molecule has 1 rings (SSSR count). The van der Waals surface area contributed by atoms with E-state index in [1.807, 2.05) is 27.7 Å². The summed E-state index contributed by atoms with van der Waals surface area (Å²) in [5.41, 5.74) is -0.302. The van der Waals surface area contributed by atoms with Gasteiger partial charge in [-0.1, -0.05) is 0 Å². The van der Waals surface area contributed by atoms with Crippen LogP contribution in [0.25, 0.3) is 0 Å². The van der Waals surface area contributed by atoms with Crippen LogP contribution in [-0.2, 0) is 0 Å². The van der Waals surface area contributed by atoms with Crippen molar-refractivity contribution in [3.8, 4) is 0 Å². The number of hydrogen-bond donors (Lipinski definition) is 2. The zero-order valence-corrected chi connectivity index (χ0v) is 7.81. The number of rotatable bonds is 0. The largest absolute Gasteiger partial charge is 0.313 e. The number of hydrogen-bond acceptors (Lipinski definition) is 3. The van der Waals surface area contributed by atoms with Gasteiger partial charge < -0.3 is 10.5 Å². The van der Waals surface area contributed by atoms with Crippen LogP contribution in [0.4, 0.5) is 0 Å².